The summed E-state index contributed by atoms with van der Waals surface area (Å²) in [6.45, 7) is 2.83. The predicted octanol–water partition coefficient (Wildman–Crippen LogP) is 3.10. The van der Waals surface area contributed by atoms with Crippen molar-refractivity contribution in [2.75, 3.05) is 11.9 Å². The van der Waals surface area contributed by atoms with Gasteiger partial charge < -0.3 is 15.8 Å². The second kappa shape index (κ2) is 9.03. The highest BCUT2D eigenvalue weighted by atomic mass is 35.5. The Morgan fingerprint density at radius 1 is 1.33 bits per heavy atom. The van der Waals surface area contributed by atoms with Gasteiger partial charge in [0.2, 0.25) is 5.91 Å². The summed E-state index contributed by atoms with van der Waals surface area (Å²) < 4.78 is 5.86. The fraction of sp³-hybridized carbons (Fsp3) is 0.562. The normalized spacial score (nSPS) is 16.3. The maximum atomic E-state index is 11.7. The molecular formula is C16H25ClN2O2. The van der Waals surface area contributed by atoms with E-state index in [-0.39, 0.29) is 24.2 Å². The minimum atomic E-state index is -0.166. The molecule has 1 saturated carbocycles. The molecule has 0 heterocycles. The number of anilines is 1. The van der Waals surface area contributed by atoms with Crippen molar-refractivity contribution in [3.63, 3.8) is 0 Å². The maximum absolute atomic E-state index is 11.7. The number of nitrogens with two attached hydrogens (primary N) is 1. The molecule has 1 aromatic carbocycles. The van der Waals surface area contributed by atoms with Gasteiger partial charge in [0.05, 0.1) is 12.7 Å². The van der Waals surface area contributed by atoms with Crippen LogP contribution in [0.25, 0.3) is 0 Å². The van der Waals surface area contributed by atoms with Crippen LogP contribution in [-0.4, -0.2) is 18.6 Å². The van der Waals surface area contributed by atoms with Crippen LogP contribution < -0.4 is 11.1 Å². The van der Waals surface area contributed by atoms with E-state index in [0.29, 0.717) is 19.3 Å². The highest BCUT2D eigenvalue weighted by Gasteiger charge is 2.15. The van der Waals surface area contributed by atoms with Crippen molar-refractivity contribution < 1.29 is 9.53 Å². The highest BCUT2D eigenvalue weighted by Crippen LogP contribution is 2.22. The van der Waals surface area contributed by atoms with Crippen LogP contribution in [0.2, 0.25) is 0 Å². The van der Waals surface area contributed by atoms with E-state index in [4.69, 9.17) is 10.5 Å². The number of ether oxygens (including phenoxy) is 1. The second-order valence-corrected chi connectivity index (χ2v) is 5.54. The fourth-order valence-corrected chi connectivity index (χ4v) is 2.33. The van der Waals surface area contributed by atoms with Crippen molar-refractivity contribution in [1.82, 2.24) is 0 Å². The van der Waals surface area contributed by atoms with Crippen molar-refractivity contribution in [2.24, 2.45) is 11.7 Å². The average molecular weight is 313 g/mol. The zero-order valence-electron chi connectivity index (χ0n) is 12.5. The van der Waals surface area contributed by atoms with Crippen molar-refractivity contribution in [3.8, 4) is 0 Å². The maximum Gasteiger partial charge on any atom is 0.228 e. The molecule has 1 fully saturated rings. The molecule has 1 amide bonds. The Hall–Kier alpha value is -1.10. The van der Waals surface area contributed by atoms with Gasteiger partial charge in [-0.3, -0.25) is 4.79 Å². The Balaban J connectivity index is 0.00000220. The standard InChI is InChI=1S/C16H24N2O2.ClH/c1-12(10-17)16(19)18-14-8-6-13(7-9-14)11-20-15-4-2-3-5-15;/h6-9,12,15H,2-5,10-11,17H2,1H3,(H,18,19);1H. The first kappa shape index (κ1) is 18.0. The van der Waals surface area contributed by atoms with E-state index in [1.54, 1.807) is 0 Å². The quantitative estimate of drug-likeness (QED) is 0.848. The van der Waals surface area contributed by atoms with E-state index in [1.165, 1.54) is 25.7 Å². The molecule has 0 aliphatic heterocycles. The number of halogens is 1. The monoisotopic (exact) mass is 312 g/mol. The molecule has 1 aromatic rings. The molecule has 0 bridgehead atoms. The van der Waals surface area contributed by atoms with Crippen LogP contribution in [0, 0.1) is 5.92 Å². The van der Waals surface area contributed by atoms with Gasteiger partial charge >= 0.3 is 0 Å². The molecule has 1 aliphatic rings. The lowest BCUT2D eigenvalue weighted by atomic mass is 10.1. The van der Waals surface area contributed by atoms with Gasteiger partial charge in [-0.1, -0.05) is 31.9 Å². The number of carbonyl (C=O) groups is 1. The summed E-state index contributed by atoms with van der Waals surface area (Å²) in [7, 11) is 0. The lowest BCUT2D eigenvalue weighted by Crippen LogP contribution is -2.26. The summed E-state index contributed by atoms with van der Waals surface area (Å²) in [6, 6.07) is 7.82. The number of benzene rings is 1. The van der Waals surface area contributed by atoms with Crippen LogP contribution in [0.5, 0.6) is 0 Å². The third kappa shape index (κ3) is 5.65. The third-order valence-electron chi connectivity index (χ3n) is 3.81. The predicted molar refractivity (Wildman–Crippen MR) is 87.6 cm³/mol. The van der Waals surface area contributed by atoms with Gasteiger partial charge in [0.15, 0.2) is 0 Å². The molecular weight excluding hydrogens is 288 g/mol. The molecule has 0 saturated heterocycles. The molecule has 118 valence electrons. The molecule has 0 spiro atoms. The van der Waals surface area contributed by atoms with Crippen molar-refractivity contribution in [2.45, 2.75) is 45.3 Å². The molecule has 0 aromatic heterocycles. The van der Waals surface area contributed by atoms with Crippen LogP contribution in [0.3, 0.4) is 0 Å². The number of amides is 1. The van der Waals surface area contributed by atoms with Crippen molar-refractivity contribution in [1.29, 1.82) is 0 Å². The number of carbonyl (C=O) groups excluding carboxylic acids is 1. The molecule has 1 unspecified atom stereocenters. The van der Waals surface area contributed by atoms with Gasteiger partial charge in [-0.25, -0.2) is 0 Å². The Labute approximate surface area is 132 Å². The Morgan fingerprint density at radius 2 is 1.95 bits per heavy atom. The summed E-state index contributed by atoms with van der Waals surface area (Å²) in [5, 5.41) is 2.86. The summed E-state index contributed by atoms with van der Waals surface area (Å²) in [6.07, 6.45) is 5.37. The summed E-state index contributed by atoms with van der Waals surface area (Å²) >= 11 is 0. The van der Waals surface area contributed by atoms with Crippen LogP contribution in [-0.2, 0) is 16.1 Å². The molecule has 5 heteroatoms. The van der Waals surface area contributed by atoms with E-state index in [9.17, 15) is 4.79 Å². The first-order chi connectivity index (χ1) is 9.69. The highest BCUT2D eigenvalue weighted by molar-refractivity contribution is 5.92. The number of rotatable bonds is 6. The zero-order chi connectivity index (χ0) is 14.4. The van der Waals surface area contributed by atoms with Crippen LogP contribution in [0.15, 0.2) is 24.3 Å². The van der Waals surface area contributed by atoms with E-state index in [0.717, 1.165) is 11.3 Å². The molecule has 4 nitrogen and oxygen atoms in total. The number of nitrogens with one attached hydrogen (secondary N) is 1. The smallest absolute Gasteiger partial charge is 0.228 e. The molecule has 1 atom stereocenters. The average Bonchev–Trinajstić information content (AvgIpc) is 2.99. The van der Waals surface area contributed by atoms with Gasteiger partial charge in [-0.2, -0.15) is 0 Å². The first-order valence-corrected chi connectivity index (χ1v) is 7.40. The number of hydrogen-bond donors (Lipinski definition) is 2. The van der Waals surface area contributed by atoms with E-state index < -0.39 is 0 Å². The summed E-state index contributed by atoms with van der Waals surface area (Å²) in [4.78, 5) is 11.7. The van der Waals surface area contributed by atoms with Crippen molar-refractivity contribution in [3.05, 3.63) is 29.8 Å². The molecule has 21 heavy (non-hydrogen) atoms. The van der Waals surface area contributed by atoms with Gasteiger partial charge in [0.1, 0.15) is 0 Å². The fourth-order valence-electron chi connectivity index (χ4n) is 2.33. The van der Waals surface area contributed by atoms with E-state index >= 15 is 0 Å². The SMILES string of the molecule is CC(CN)C(=O)Nc1ccc(COC2CCCC2)cc1.Cl. The summed E-state index contributed by atoms with van der Waals surface area (Å²) in [5.41, 5.74) is 7.42. The van der Waals surface area contributed by atoms with E-state index in [1.807, 2.05) is 31.2 Å². The lowest BCUT2D eigenvalue weighted by molar-refractivity contribution is -0.119. The Kier molecular flexibility index (Phi) is 7.72. The molecule has 3 N–H and O–H groups in total. The summed E-state index contributed by atoms with van der Waals surface area (Å²) in [5.74, 6) is -0.206. The largest absolute Gasteiger partial charge is 0.374 e. The third-order valence-corrected chi connectivity index (χ3v) is 3.81. The van der Waals surface area contributed by atoms with Gasteiger partial charge in [-0.05, 0) is 30.5 Å². The van der Waals surface area contributed by atoms with Crippen LogP contribution in [0.4, 0.5) is 5.69 Å². The second-order valence-electron chi connectivity index (χ2n) is 5.54. The Bertz CT molecular complexity index is 430. The number of hydrogen-bond acceptors (Lipinski definition) is 3. The minimum absolute atomic E-state index is 0. The molecule has 1 aliphatic carbocycles. The lowest BCUT2D eigenvalue weighted by Gasteiger charge is -2.12. The molecule has 2 rings (SSSR count). The minimum Gasteiger partial charge on any atom is -0.374 e. The zero-order valence-corrected chi connectivity index (χ0v) is 13.3. The van der Waals surface area contributed by atoms with E-state index in [2.05, 4.69) is 5.32 Å². The van der Waals surface area contributed by atoms with Crippen LogP contribution >= 0.6 is 12.4 Å². The van der Waals surface area contributed by atoms with Crippen LogP contribution in [0.1, 0.15) is 38.2 Å². The van der Waals surface area contributed by atoms with Gasteiger partial charge in [0.25, 0.3) is 0 Å². The first-order valence-electron chi connectivity index (χ1n) is 7.40. The topological polar surface area (TPSA) is 64.4 Å². The Morgan fingerprint density at radius 3 is 2.52 bits per heavy atom. The van der Waals surface area contributed by atoms with Gasteiger partial charge in [0, 0.05) is 18.2 Å². The van der Waals surface area contributed by atoms with Crippen molar-refractivity contribution >= 4 is 24.0 Å². The molecule has 0 radical (unpaired) electrons. The van der Waals surface area contributed by atoms with Gasteiger partial charge in [-0.15, -0.1) is 12.4 Å².